The molecule has 2 heterocycles. The van der Waals surface area contributed by atoms with Crippen LogP contribution in [-0.2, 0) is 9.84 Å². The van der Waals surface area contributed by atoms with Crippen molar-refractivity contribution in [3.8, 4) is 5.75 Å². The second kappa shape index (κ2) is 8.37. The molecule has 0 unspecified atom stereocenters. The molecule has 0 aromatic heterocycles. The molecule has 0 aliphatic carbocycles. The van der Waals surface area contributed by atoms with Crippen LogP contribution in [0.25, 0.3) is 0 Å². The van der Waals surface area contributed by atoms with Gasteiger partial charge in [0.2, 0.25) is 11.5 Å². The lowest BCUT2D eigenvalue weighted by Crippen LogP contribution is -2.18. The van der Waals surface area contributed by atoms with Crippen molar-refractivity contribution >= 4 is 50.0 Å². The van der Waals surface area contributed by atoms with Crippen molar-refractivity contribution in [3.05, 3.63) is 65.2 Å². The largest absolute Gasteiger partial charge is 0.494 e. The van der Waals surface area contributed by atoms with Gasteiger partial charge in [-0.1, -0.05) is 12.1 Å². The van der Waals surface area contributed by atoms with E-state index in [0.29, 0.717) is 40.2 Å². The summed E-state index contributed by atoms with van der Waals surface area (Å²) in [5, 5.41) is 0.475. The van der Waals surface area contributed by atoms with Gasteiger partial charge in [-0.25, -0.2) is 13.4 Å². The van der Waals surface area contributed by atoms with E-state index >= 15 is 0 Å². The third-order valence-electron chi connectivity index (χ3n) is 4.33. The van der Waals surface area contributed by atoms with Crippen LogP contribution < -0.4 is 4.74 Å². The fraction of sp³-hybridized carbons (Fsp3) is 0.143. The van der Waals surface area contributed by atoms with Crippen LogP contribution in [0.15, 0.2) is 74.5 Å². The third kappa shape index (κ3) is 4.12. The maximum absolute atomic E-state index is 13.0. The van der Waals surface area contributed by atoms with Gasteiger partial charge in [0.25, 0.3) is 15.4 Å². The molecule has 0 saturated heterocycles. The zero-order valence-electron chi connectivity index (χ0n) is 16.1. The van der Waals surface area contributed by atoms with Crippen LogP contribution in [0.1, 0.15) is 17.3 Å². The van der Waals surface area contributed by atoms with Crippen LogP contribution in [0.2, 0.25) is 0 Å². The van der Waals surface area contributed by atoms with Crippen molar-refractivity contribution in [2.24, 2.45) is 9.98 Å². The Balaban J connectivity index is 1.75. The number of thioether (sulfide) groups is 1. The van der Waals surface area contributed by atoms with Crippen molar-refractivity contribution < 1.29 is 22.5 Å². The van der Waals surface area contributed by atoms with Gasteiger partial charge in [-0.2, -0.15) is 4.58 Å². The van der Waals surface area contributed by atoms with Gasteiger partial charge in [0, 0.05) is 12.3 Å². The predicted molar refractivity (Wildman–Crippen MR) is 118 cm³/mol. The monoisotopic (exact) mass is 440 g/mol. The van der Waals surface area contributed by atoms with E-state index in [-0.39, 0.29) is 10.7 Å². The Morgan fingerprint density at radius 2 is 1.93 bits per heavy atom. The number of carbonyl (C=O) groups is 1. The van der Waals surface area contributed by atoms with Crippen LogP contribution >= 0.6 is 11.8 Å². The first-order valence-corrected chi connectivity index (χ1v) is 11.6. The summed E-state index contributed by atoms with van der Waals surface area (Å²) in [6.45, 7) is 2.83. The quantitative estimate of drug-likeness (QED) is 0.525. The maximum atomic E-state index is 13.0. The minimum atomic E-state index is -3.78. The van der Waals surface area contributed by atoms with Crippen LogP contribution in [0, 0.1) is 0 Å². The highest BCUT2D eigenvalue weighted by Gasteiger charge is 2.32. The zero-order chi connectivity index (χ0) is 21.1. The number of carbonyl (C=O) groups excluding carboxylic acids is 1. The van der Waals surface area contributed by atoms with Crippen molar-refractivity contribution in [1.82, 2.24) is 0 Å². The van der Waals surface area contributed by atoms with E-state index in [1.54, 1.807) is 42.6 Å². The average molecular weight is 441 g/mol. The lowest BCUT2D eigenvalue weighted by atomic mass is 10.1. The maximum Gasteiger partial charge on any atom is 0.271 e. The number of Topliss-reactive ketones (excluding diaryl/α,β-unsaturated/α-hetero) is 1. The Morgan fingerprint density at radius 3 is 2.63 bits per heavy atom. The van der Waals surface area contributed by atoms with Crippen LogP contribution in [0.4, 0.5) is 5.69 Å². The van der Waals surface area contributed by atoms with E-state index in [4.69, 9.17) is 4.74 Å². The van der Waals surface area contributed by atoms with Gasteiger partial charge in [0.15, 0.2) is 11.4 Å². The zero-order valence-corrected chi connectivity index (χ0v) is 17.7. The summed E-state index contributed by atoms with van der Waals surface area (Å²) < 4.78 is 32.8. The number of para-hydroxylation sites is 1. The minimum absolute atomic E-state index is 0.132. The summed E-state index contributed by atoms with van der Waals surface area (Å²) in [5.41, 5.74) is 2.04. The lowest BCUT2D eigenvalue weighted by Gasteiger charge is -2.12. The third-order valence-corrected chi connectivity index (χ3v) is 6.70. The van der Waals surface area contributed by atoms with E-state index < -0.39 is 9.84 Å². The smallest absolute Gasteiger partial charge is 0.271 e. The number of ketones is 1. The van der Waals surface area contributed by atoms with E-state index in [9.17, 15) is 13.2 Å². The number of nitrogens with zero attached hydrogens (tertiary/aromatic N) is 3. The molecule has 2 aromatic rings. The molecule has 0 saturated carbocycles. The van der Waals surface area contributed by atoms with Gasteiger partial charge in [-0.05, 0) is 49.0 Å². The molecule has 0 bridgehead atoms. The fourth-order valence-corrected chi connectivity index (χ4v) is 4.92. The van der Waals surface area contributed by atoms with Gasteiger partial charge in [0.05, 0.1) is 23.6 Å². The number of allylic oxidation sites excluding steroid dienone is 1. The normalized spacial score (nSPS) is 17.0. The molecular formula is C21H18N3O4S2+. The second-order valence-electron chi connectivity index (χ2n) is 6.34. The Bertz CT molecular complexity index is 1230. The topological polar surface area (TPSA) is 88.2 Å². The van der Waals surface area contributed by atoms with Crippen molar-refractivity contribution in [3.63, 3.8) is 0 Å². The summed E-state index contributed by atoms with van der Waals surface area (Å²) in [6, 6.07) is 13.1. The molecule has 2 aliphatic heterocycles. The first kappa shape index (κ1) is 20.2. The summed E-state index contributed by atoms with van der Waals surface area (Å²) >= 11 is 1.12. The molecule has 30 heavy (non-hydrogen) atoms. The predicted octanol–water partition coefficient (Wildman–Crippen LogP) is 3.44. The number of aliphatic imine (C=N–C) groups is 2. The van der Waals surface area contributed by atoms with Crippen molar-refractivity contribution in [1.29, 1.82) is 0 Å². The van der Waals surface area contributed by atoms with Crippen molar-refractivity contribution in [2.45, 2.75) is 11.8 Å². The van der Waals surface area contributed by atoms with Gasteiger partial charge in [-0.3, -0.25) is 9.79 Å². The number of rotatable bonds is 5. The number of fused-ring (bicyclic) bond motifs is 1. The van der Waals surface area contributed by atoms with Gasteiger partial charge < -0.3 is 4.74 Å². The van der Waals surface area contributed by atoms with E-state index in [2.05, 4.69) is 9.98 Å². The standard InChI is InChI=1S/C21H18N3O4S2/c1-2-28-15-7-9-16(10-8-15)30(26,27)14-24-13-19(29-21-22-11-12-23-21)20(25)17-5-3-4-6-18(17)24/h3-11,13-14H,2,12H2,1H3/q+1. The molecule has 2 aliphatic rings. The average Bonchev–Trinajstić information content (AvgIpc) is 3.25. The number of amidine groups is 1. The summed E-state index contributed by atoms with van der Waals surface area (Å²) in [5.74, 6) is 0.408. The first-order valence-electron chi connectivity index (χ1n) is 9.19. The molecule has 7 nitrogen and oxygen atoms in total. The molecule has 0 radical (unpaired) electrons. The number of ether oxygens (including phenoxy) is 1. The lowest BCUT2D eigenvalue weighted by molar-refractivity contribution is -0.353. The SMILES string of the molecule is CCOc1ccc(S(=O)(=O)C=[N+]2C=C(SC3=NCC=N3)C(=O)c3ccccc32)cc1. The summed E-state index contributed by atoms with van der Waals surface area (Å²) in [4.78, 5) is 21.7. The number of hydrogen-bond donors (Lipinski definition) is 0. The molecule has 4 rings (SSSR count). The highest BCUT2D eigenvalue weighted by atomic mass is 32.2. The van der Waals surface area contributed by atoms with Crippen LogP contribution in [0.3, 0.4) is 0 Å². The summed E-state index contributed by atoms with van der Waals surface area (Å²) in [6.07, 6.45) is 3.17. The van der Waals surface area contributed by atoms with Crippen LogP contribution in [0.5, 0.6) is 5.75 Å². The minimum Gasteiger partial charge on any atom is -0.494 e. The van der Waals surface area contributed by atoms with E-state index in [0.717, 1.165) is 17.3 Å². The molecule has 0 spiro atoms. The number of sulfone groups is 1. The fourth-order valence-electron chi connectivity index (χ4n) is 2.98. The highest BCUT2D eigenvalue weighted by molar-refractivity contribution is 8.18. The van der Waals surface area contributed by atoms with Gasteiger partial charge >= 0.3 is 0 Å². The second-order valence-corrected chi connectivity index (χ2v) is 9.12. The molecule has 9 heteroatoms. The summed E-state index contributed by atoms with van der Waals surface area (Å²) in [7, 11) is -3.78. The van der Waals surface area contributed by atoms with Gasteiger partial charge in [0.1, 0.15) is 10.7 Å². The Morgan fingerprint density at radius 1 is 1.17 bits per heavy atom. The van der Waals surface area contributed by atoms with E-state index in [1.165, 1.54) is 22.9 Å². The number of benzene rings is 2. The molecular weight excluding hydrogens is 422 g/mol. The highest BCUT2D eigenvalue weighted by Crippen LogP contribution is 2.33. The molecule has 0 N–H and O–H groups in total. The molecule has 0 atom stereocenters. The molecule has 0 amide bonds. The van der Waals surface area contributed by atoms with Gasteiger partial charge in [-0.15, -0.1) is 0 Å². The molecule has 2 aromatic carbocycles. The number of hydrogen-bond acceptors (Lipinski definition) is 7. The van der Waals surface area contributed by atoms with Crippen LogP contribution in [-0.4, -0.2) is 48.9 Å². The molecule has 152 valence electrons. The Kier molecular flexibility index (Phi) is 5.65. The first-order chi connectivity index (χ1) is 14.5. The molecule has 0 fully saturated rings. The Hall–Kier alpha value is -3.04. The van der Waals surface area contributed by atoms with Crippen molar-refractivity contribution in [2.75, 3.05) is 13.2 Å². The Labute approximate surface area is 178 Å². The van der Waals surface area contributed by atoms with E-state index in [1.807, 2.05) is 6.92 Å².